The first-order chi connectivity index (χ1) is 8.84. The minimum absolute atomic E-state index is 1.12. The van der Waals surface area contributed by atoms with Crippen molar-refractivity contribution in [1.82, 2.24) is 9.47 Å². The van der Waals surface area contributed by atoms with Gasteiger partial charge in [0.25, 0.3) is 0 Å². The van der Waals surface area contributed by atoms with Gasteiger partial charge in [0, 0.05) is 42.0 Å². The molecule has 0 atom stereocenters. The number of thioether (sulfide) groups is 1. The van der Waals surface area contributed by atoms with E-state index in [4.69, 9.17) is 0 Å². The highest BCUT2D eigenvalue weighted by Gasteiger charge is 2.24. The molecule has 3 heteroatoms. The van der Waals surface area contributed by atoms with E-state index >= 15 is 0 Å². The molecule has 2 aromatic rings. The Labute approximate surface area is 112 Å². The largest absolute Gasteiger partial charge is 0.343 e. The van der Waals surface area contributed by atoms with Crippen LogP contribution in [0, 0.1) is 0 Å². The van der Waals surface area contributed by atoms with Crippen LogP contribution in [-0.4, -0.2) is 28.8 Å². The van der Waals surface area contributed by atoms with Gasteiger partial charge in [-0.15, -0.1) is 11.8 Å². The van der Waals surface area contributed by atoms with Crippen LogP contribution in [-0.2, 0) is 19.5 Å². The lowest BCUT2D eigenvalue weighted by atomic mass is 10.1. The number of fused-ring (bicyclic) bond motifs is 3. The molecule has 2 aliphatic rings. The van der Waals surface area contributed by atoms with Gasteiger partial charge in [-0.3, -0.25) is 0 Å². The highest BCUT2D eigenvalue weighted by atomic mass is 32.2. The van der Waals surface area contributed by atoms with E-state index in [9.17, 15) is 0 Å². The Morgan fingerprint density at radius 1 is 1.22 bits per heavy atom. The minimum atomic E-state index is 1.12. The number of benzene rings is 1. The summed E-state index contributed by atoms with van der Waals surface area (Å²) in [4.78, 5) is 3.93. The number of aryl methyl sites for hydroxylation is 1. The van der Waals surface area contributed by atoms with Gasteiger partial charge in [0.1, 0.15) is 0 Å². The second kappa shape index (κ2) is 4.04. The quantitative estimate of drug-likeness (QED) is 0.717. The van der Waals surface area contributed by atoms with E-state index in [1.165, 1.54) is 47.5 Å². The third kappa shape index (κ3) is 1.47. The average Bonchev–Trinajstić information content (AvgIpc) is 2.56. The van der Waals surface area contributed by atoms with E-state index in [0.717, 1.165) is 6.54 Å². The summed E-state index contributed by atoms with van der Waals surface area (Å²) in [7, 11) is 2.23. The van der Waals surface area contributed by atoms with Crippen LogP contribution in [0.1, 0.15) is 17.7 Å². The van der Waals surface area contributed by atoms with Crippen molar-refractivity contribution >= 4 is 22.7 Å². The second-order valence-corrected chi connectivity index (χ2v) is 6.56. The predicted octanol–water partition coefficient (Wildman–Crippen LogP) is 3.13. The van der Waals surface area contributed by atoms with Crippen molar-refractivity contribution in [2.45, 2.75) is 30.8 Å². The van der Waals surface area contributed by atoms with Gasteiger partial charge in [-0.05, 0) is 30.9 Å². The Bertz CT molecular complexity index is 614. The summed E-state index contributed by atoms with van der Waals surface area (Å²) in [6, 6.07) is 6.85. The number of hydrogen-bond donors (Lipinski definition) is 0. The molecule has 2 aliphatic heterocycles. The van der Waals surface area contributed by atoms with Crippen molar-refractivity contribution in [2.75, 3.05) is 19.3 Å². The van der Waals surface area contributed by atoms with Crippen molar-refractivity contribution in [3.63, 3.8) is 0 Å². The van der Waals surface area contributed by atoms with E-state index in [1.54, 1.807) is 11.3 Å². The van der Waals surface area contributed by atoms with E-state index in [-0.39, 0.29) is 0 Å². The van der Waals surface area contributed by atoms with Gasteiger partial charge in [0.2, 0.25) is 0 Å². The highest BCUT2D eigenvalue weighted by molar-refractivity contribution is 7.99. The molecule has 18 heavy (non-hydrogen) atoms. The summed E-state index contributed by atoms with van der Waals surface area (Å²) in [6.07, 6.45) is 2.51. The van der Waals surface area contributed by atoms with Crippen LogP contribution >= 0.6 is 11.8 Å². The van der Waals surface area contributed by atoms with Crippen molar-refractivity contribution in [3.8, 4) is 0 Å². The normalized spacial score (nSPS) is 19.8. The van der Waals surface area contributed by atoms with E-state index in [1.807, 2.05) is 11.8 Å². The zero-order valence-electron chi connectivity index (χ0n) is 10.8. The lowest BCUT2D eigenvalue weighted by Crippen LogP contribution is -2.27. The van der Waals surface area contributed by atoms with Gasteiger partial charge in [-0.2, -0.15) is 0 Å². The van der Waals surface area contributed by atoms with Crippen LogP contribution < -0.4 is 0 Å². The van der Waals surface area contributed by atoms with E-state index < -0.39 is 0 Å². The Kier molecular flexibility index (Phi) is 2.45. The maximum Gasteiger partial charge on any atom is 0.0624 e. The third-order valence-electron chi connectivity index (χ3n) is 4.21. The summed E-state index contributed by atoms with van der Waals surface area (Å²) < 4.78 is 2.62. The lowest BCUT2D eigenvalue weighted by Gasteiger charge is -2.24. The average molecular weight is 258 g/mol. The van der Waals surface area contributed by atoms with E-state index in [0.29, 0.717) is 0 Å². The highest BCUT2D eigenvalue weighted by Crippen LogP contribution is 2.38. The zero-order valence-corrected chi connectivity index (χ0v) is 11.6. The summed E-state index contributed by atoms with van der Waals surface area (Å²) >= 11 is 2.03. The number of rotatable bonds is 0. The third-order valence-corrected chi connectivity index (χ3v) is 5.34. The first kappa shape index (κ1) is 10.9. The van der Waals surface area contributed by atoms with Crippen LogP contribution in [0.2, 0.25) is 0 Å². The molecule has 0 aliphatic carbocycles. The molecule has 0 amide bonds. The summed E-state index contributed by atoms with van der Waals surface area (Å²) in [5.74, 6) is 1.26. The van der Waals surface area contributed by atoms with Crippen LogP contribution in [0.25, 0.3) is 10.9 Å². The van der Waals surface area contributed by atoms with Crippen LogP contribution in [0.5, 0.6) is 0 Å². The van der Waals surface area contributed by atoms with E-state index in [2.05, 4.69) is 34.7 Å². The van der Waals surface area contributed by atoms with Crippen molar-refractivity contribution in [1.29, 1.82) is 0 Å². The number of aromatic nitrogens is 1. The minimum Gasteiger partial charge on any atom is -0.343 e. The molecule has 3 heterocycles. The maximum atomic E-state index is 2.62. The Hall–Kier alpha value is -0.930. The lowest BCUT2D eigenvalue weighted by molar-refractivity contribution is 0.309. The fourth-order valence-corrected chi connectivity index (χ4v) is 4.40. The zero-order chi connectivity index (χ0) is 12.1. The Balaban J connectivity index is 2.06. The second-order valence-electron chi connectivity index (χ2n) is 5.42. The molecule has 0 saturated heterocycles. The van der Waals surface area contributed by atoms with Gasteiger partial charge < -0.3 is 9.47 Å². The molecule has 94 valence electrons. The molecule has 4 rings (SSSR count). The molecule has 0 N–H and O–H groups in total. The maximum absolute atomic E-state index is 2.62. The summed E-state index contributed by atoms with van der Waals surface area (Å²) in [5.41, 5.74) is 4.71. The molecule has 1 aromatic heterocycles. The van der Waals surface area contributed by atoms with Crippen LogP contribution in [0.4, 0.5) is 0 Å². The standard InChI is InChI=1S/C15H18N2S/c1-16-8-6-13-12(10-16)11-4-2-5-14-15(11)17(13)7-3-9-18-14/h2,4-5H,3,6-10H2,1H3. The molecule has 0 radical (unpaired) electrons. The van der Waals surface area contributed by atoms with Crippen molar-refractivity contribution in [2.24, 2.45) is 0 Å². The number of hydrogen-bond acceptors (Lipinski definition) is 2. The summed E-state index contributed by atoms with van der Waals surface area (Å²) in [6.45, 7) is 3.53. The van der Waals surface area contributed by atoms with Crippen LogP contribution in [0.15, 0.2) is 23.1 Å². The molecule has 1 aromatic carbocycles. The van der Waals surface area contributed by atoms with Crippen molar-refractivity contribution < 1.29 is 0 Å². The molecule has 0 unspecified atom stereocenters. The molecular weight excluding hydrogens is 240 g/mol. The fourth-order valence-electron chi connectivity index (χ4n) is 3.37. The Morgan fingerprint density at radius 3 is 3.11 bits per heavy atom. The van der Waals surface area contributed by atoms with Gasteiger partial charge in [-0.25, -0.2) is 0 Å². The first-order valence-corrected chi connectivity index (χ1v) is 7.77. The fraction of sp³-hybridized carbons (Fsp3) is 0.467. The summed E-state index contributed by atoms with van der Waals surface area (Å²) in [5, 5.41) is 1.50. The number of likely N-dealkylation sites (N-methyl/N-ethyl adjacent to an activating group) is 1. The number of nitrogens with zero attached hydrogens (tertiary/aromatic N) is 2. The monoisotopic (exact) mass is 258 g/mol. The van der Waals surface area contributed by atoms with Gasteiger partial charge >= 0.3 is 0 Å². The van der Waals surface area contributed by atoms with Gasteiger partial charge in [0.05, 0.1) is 5.52 Å². The SMILES string of the molecule is CN1CCc2c(c3cccc4c3n2CCCS4)C1. The topological polar surface area (TPSA) is 8.17 Å². The Morgan fingerprint density at radius 2 is 2.17 bits per heavy atom. The number of para-hydroxylation sites is 1. The molecular formula is C15H18N2S. The smallest absolute Gasteiger partial charge is 0.0624 e. The molecule has 0 spiro atoms. The van der Waals surface area contributed by atoms with Crippen LogP contribution in [0.3, 0.4) is 0 Å². The molecule has 0 bridgehead atoms. The van der Waals surface area contributed by atoms with Gasteiger partial charge in [-0.1, -0.05) is 12.1 Å². The first-order valence-electron chi connectivity index (χ1n) is 6.79. The molecule has 2 nitrogen and oxygen atoms in total. The van der Waals surface area contributed by atoms with Gasteiger partial charge in [0.15, 0.2) is 0 Å². The van der Waals surface area contributed by atoms with Crippen molar-refractivity contribution in [3.05, 3.63) is 29.5 Å². The molecule has 0 saturated carbocycles. The molecule has 0 fully saturated rings. The predicted molar refractivity (Wildman–Crippen MR) is 77.3 cm³/mol.